The Labute approximate surface area is 211 Å². The highest BCUT2D eigenvalue weighted by Crippen LogP contribution is 2.46. The minimum Gasteiger partial charge on any atom is -0.478 e. The molecule has 0 bridgehead atoms. The fraction of sp³-hybridized carbons (Fsp3) is 0.385. The Hall–Kier alpha value is -2.45. The standard InChI is InChI=1S/C26H24Cl2FNO5/c27-19-2-1-3-20(28)22(19)23-17(24(35-30-23)14-4-5-14)13-34-16-8-10-26(33,11-9-16)18-7-6-15(25(31)32)12-21(18)29/h1-3,6-7,12,14,16,33H,4-5,8-11,13H2,(H,31,32). The number of nitrogens with zero attached hydrogens (tertiary/aromatic N) is 1. The topological polar surface area (TPSA) is 92.8 Å². The highest BCUT2D eigenvalue weighted by atomic mass is 35.5. The zero-order valence-corrected chi connectivity index (χ0v) is 20.3. The second-order valence-electron chi connectivity index (χ2n) is 9.29. The normalized spacial score (nSPS) is 22.3. The number of benzene rings is 2. The molecule has 184 valence electrons. The van der Waals surface area contributed by atoms with Gasteiger partial charge in [-0.15, -0.1) is 0 Å². The van der Waals surface area contributed by atoms with Crippen LogP contribution in [0.15, 0.2) is 40.9 Å². The molecule has 0 saturated heterocycles. The van der Waals surface area contributed by atoms with Crippen molar-refractivity contribution in [1.82, 2.24) is 5.16 Å². The van der Waals surface area contributed by atoms with E-state index in [0.717, 1.165) is 30.2 Å². The summed E-state index contributed by atoms with van der Waals surface area (Å²) >= 11 is 12.8. The van der Waals surface area contributed by atoms with E-state index in [1.54, 1.807) is 18.2 Å². The van der Waals surface area contributed by atoms with Gasteiger partial charge in [-0.1, -0.05) is 40.5 Å². The fourth-order valence-electron chi connectivity index (χ4n) is 4.78. The number of carbonyl (C=O) groups is 1. The first kappa shape index (κ1) is 24.3. The Balaban J connectivity index is 1.30. The molecule has 35 heavy (non-hydrogen) atoms. The van der Waals surface area contributed by atoms with Gasteiger partial charge in [-0.3, -0.25) is 0 Å². The van der Waals surface area contributed by atoms with E-state index in [1.165, 1.54) is 12.1 Å². The maximum atomic E-state index is 14.6. The molecule has 2 N–H and O–H groups in total. The fourth-order valence-corrected chi connectivity index (χ4v) is 5.36. The van der Waals surface area contributed by atoms with Crippen molar-refractivity contribution >= 4 is 29.2 Å². The van der Waals surface area contributed by atoms with Gasteiger partial charge >= 0.3 is 5.97 Å². The molecular weight excluding hydrogens is 496 g/mol. The molecule has 2 aromatic carbocycles. The molecule has 5 rings (SSSR count). The maximum Gasteiger partial charge on any atom is 0.335 e. The molecule has 0 atom stereocenters. The number of carboxylic acids is 1. The van der Waals surface area contributed by atoms with Crippen LogP contribution in [0.5, 0.6) is 0 Å². The van der Waals surface area contributed by atoms with Crippen LogP contribution in [-0.2, 0) is 16.9 Å². The van der Waals surface area contributed by atoms with Crippen molar-refractivity contribution in [3.63, 3.8) is 0 Å². The van der Waals surface area contributed by atoms with Crippen molar-refractivity contribution in [1.29, 1.82) is 0 Å². The van der Waals surface area contributed by atoms with E-state index in [9.17, 15) is 14.3 Å². The van der Waals surface area contributed by atoms with Gasteiger partial charge in [-0.2, -0.15) is 0 Å². The molecule has 0 amide bonds. The van der Waals surface area contributed by atoms with Crippen LogP contribution in [0.2, 0.25) is 10.0 Å². The van der Waals surface area contributed by atoms with E-state index < -0.39 is 17.4 Å². The quantitative estimate of drug-likeness (QED) is 0.360. The predicted octanol–water partition coefficient (Wildman–Crippen LogP) is 6.71. The zero-order chi connectivity index (χ0) is 24.7. The predicted molar refractivity (Wildman–Crippen MR) is 128 cm³/mol. The van der Waals surface area contributed by atoms with E-state index in [2.05, 4.69) is 5.16 Å². The van der Waals surface area contributed by atoms with E-state index in [1.807, 2.05) is 0 Å². The number of aromatic carboxylic acids is 1. The van der Waals surface area contributed by atoms with Gasteiger partial charge in [-0.25, -0.2) is 9.18 Å². The molecule has 2 aliphatic carbocycles. The summed E-state index contributed by atoms with van der Waals surface area (Å²) in [6, 6.07) is 8.90. The third kappa shape index (κ3) is 4.83. The van der Waals surface area contributed by atoms with Crippen LogP contribution in [0.1, 0.15) is 71.7 Å². The lowest BCUT2D eigenvalue weighted by molar-refractivity contribution is -0.0656. The number of rotatable bonds is 7. The lowest BCUT2D eigenvalue weighted by Gasteiger charge is -2.36. The monoisotopic (exact) mass is 519 g/mol. The first-order valence-corrected chi connectivity index (χ1v) is 12.3. The molecule has 2 fully saturated rings. The van der Waals surface area contributed by atoms with Gasteiger partial charge in [0.05, 0.1) is 33.9 Å². The third-order valence-electron chi connectivity index (χ3n) is 6.91. The summed E-state index contributed by atoms with van der Waals surface area (Å²) in [5, 5.41) is 25.4. The van der Waals surface area contributed by atoms with Gasteiger partial charge in [0.15, 0.2) is 0 Å². The number of ether oxygens (including phenoxy) is 1. The minimum absolute atomic E-state index is 0.117. The first-order chi connectivity index (χ1) is 16.8. The summed E-state index contributed by atoms with van der Waals surface area (Å²) in [4.78, 5) is 11.1. The lowest BCUT2D eigenvalue weighted by Crippen LogP contribution is -2.35. The van der Waals surface area contributed by atoms with Crippen LogP contribution in [0.25, 0.3) is 11.3 Å². The van der Waals surface area contributed by atoms with Gasteiger partial charge in [0.25, 0.3) is 0 Å². The Kier molecular flexibility index (Phi) is 6.61. The number of aromatic nitrogens is 1. The number of aliphatic hydroxyl groups is 1. The molecule has 6 nitrogen and oxygen atoms in total. The van der Waals surface area contributed by atoms with Crippen molar-refractivity contribution in [3.05, 3.63) is 74.7 Å². The molecule has 2 saturated carbocycles. The van der Waals surface area contributed by atoms with E-state index in [-0.39, 0.29) is 23.8 Å². The van der Waals surface area contributed by atoms with E-state index in [4.69, 9.17) is 37.6 Å². The Morgan fingerprint density at radius 1 is 1.14 bits per heavy atom. The number of hydrogen-bond acceptors (Lipinski definition) is 5. The van der Waals surface area contributed by atoms with Gasteiger partial charge in [0.1, 0.15) is 17.3 Å². The molecular formula is C26H24Cl2FNO5. The Bertz CT molecular complexity index is 1240. The average molecular weight is 520 g/mol. The molecule has 1 aromatic heterocycles. The molecule has 0 radical (unpaired) electrons. The summed E-state index contributed by atoms with van der Waals surface area (Å²) in [7, 11) is 0. The third-order valence-corrected chi connectivity index (χ3v) is 7.54. The second-order valence-corrected chi connectivity index (χ2v) is 10.1. The van der Waals surface area contributed by atoms with Gasteiger partial charge < -0.3 is 19.5 Å². The molecule has 0 unspecified atom stereocenters. The molecule has 0 aliphatic heterocycles. The van der Waals surface area contributed by atoms with Crippen molar-refractivity contribution in [2.45, 2.75) is 62.8 Å². The zero-order valence-electron chi connectivity index (χ0n) is 18.8. The van der Waals surface area contributed by atoms with Gasteiger partial charge in [0, 0.05) is 22.6 Å². The summed E-state index contributed by atoms with van der Waals surface area (Å²) in [6.45, 7) is 0.261. The van der Waals surface area contributed by atoms with E-state index >= 15 is 0 Å². The highest BCUT2D eigenvalue weighted by molar-refractivity contribution is 6.39. The van der Waals surface area contributed by atoms with Crippen LogP contribution in [-0.4, -0.2) is 27.4 Å². The number of carboxylic acid groups (broad SMARTS) is 1. The van der Waals surface area contributed by atoms with Gasteiger partial charge in [0.2, 0.25) is 0 Å². The lowest BCUT2D eigenvalue weighted by atomic mass is 9.78. The summed E-state index contributed by atoms with van der Waals surface area (Å²) < 4.78 is 26.5. The van der Waals surface area contributed by atoms with Gasteiger partial charge in [-0.05, 0) is 62.8 Å². The molecule has 1 heterocycles. The number of halogens is 3. The van der Waals surface area contributed by atoms with Crippen molar-refractivity contribution in [2.75, 3.05) is 0 Å². The summed E-state index contributed by atoms with van der Waals surface area (Å²) in [5.41, 5.74) is 0.624. The summed E-state index contributed by atoms with van der Waals surface area (Å²) in [5.74, 6) is -0.823. The second kappa shape index (κ2) is 9.54. The van der Waals surface area contributed by atoms with Crippen LogP contribution in [0.3, 0.4) is 0 Å². The Morgan fingerprint density at radius 3 is 2.43 bits per heavy atom. The highest BCUT2D eigenvalue weighted by Gasteiger charge is 2.38. The molecule has 9 heteroatoms. The first-order valence-electron chi connectivity index (χ1n) is 11.6. The Morgan fingerprint density at radius 2 is 1.83 bits per heavy atom. The largest absolute Gasteiger partial charge is 0.478 e. The summed E-state index contributed by atoms with van der Waals surface area (Å²) in [6.07, 6.45) is 3.53. The van der Waals surface area contributed by atoms with Crippen molar-refractivity contribution in [2.24, 2.45) is 0 Å². The maximum absolute atomic E-state index is 14.6. The molecule has 3 aromatic rings. The minimum atomic E-state index is -1.37. The van der Waals surface area contributed by atoms with Crippen molar-refractivity contribution < 1.29 is 28.7 Å². The SMILES string of the molecule is O=C(O)c1ccc(C2(O)CCC(OCc3c(-c4c(Cl)cccc4Cl)noc3C3CC3)CC2)c(F)c1. The molecule has 2 aliphatic rings. The van der Waals surface area contributed by atoms with Crippen LogP contribution in [0, 0.1) is 5.82 Å². The van der Waals surface area contributed by atoms with E-state index in [0.29, 0.717) is 52.9 Å². The van der Waals surface area contributed by atoms with Crippen LogP contribution < -0.4 is 0 Å². The average Bonchev–Trinajstić information content (AvgIpc) is 3.59. The number of hydrogen-bond donors (Lipinski definition) is 2. The van der Waals surface area contributed by atoms with Crippen LogP contribution >= 0.6 is 23.2 Å². The van der Waals surface area contributed by atoms with Crippen molar-refractivity contribution in [3.8, 4) is 11.3 Å². The molecule has 0 spiro atoms. The smallest absolute Gasteiger partial charge is 0.335 e. The van der Waals surface area contributed by atoms with Crippen LogP contribution in [0.4, 0.5) is 4.39 Å².